The zero-order chi connectivity index (χ0) is 16.5. The SMILES string of the molecule is O=c1ccc2cc(-c3ccc(OC4CCCC4)cc3O)ccc2o1. The fraction of sp³-hybridized carbons (Fsp3) is 0.250. The summed E-state index contributed by atoms with van der Waals surface area (Å²) >= 11 is 0. The van der Waals surface area contributed by atoms with Gasteiger partial charge in [-0.1, -0.05) is 6.07 Å². The van der Waals surface area contributed by atoms with Crippen molar-refractivity contribution in [1.29, 1.82) is 0 Å². The number of phenols is 1. The van der Waals surface area contributed by atoms with Gasteiger partial charge in [0.05, 0.1) is 6.10 Å². The van der Waals surface area contributed by atoms with Crippen LogP contribution in [0, 0.1) is 0 Å². The lowest BCUT2D eigenvalue weighted by atomic mass is 10.0. The minimum absolute atomic E-state index is 0.183. The van der Waals surface area contributed by atoms with E-state index in [1.165, 1.54) is 18.9 Å². The normalized spacial score (nSPS) is 15.0. The zero-order valence-electron chi connectivity index (χ0n) is 13.2. The van der Waals surface area contributed by atoms with E-state index in [0.29, 0.717) is 11.3 Å². The minimum Gasteiger partial charge on any atom is -0.507 e. The molecule has 24 heavy (non-hydrogen) atoms. The third-order valence-electron chi connectivity index (χ3n) is 4.50. The summed E-state index contributed by atoms with van der Waals surface area (Å²) in [6.07, 6.45) is 4.85. The molecule has 4 nitrogen and oxygen atoms in total. The molecule has 0 unspecified atom stereocenters. The van der Waals surface area contributed by atoms with Gasteiger partial charge in [-0.25, -0.2) is 4.79 Å². The van der Waals surface area contributed by atoms with Crippen molar-refractivity contribution in [2.45, 2.75) is 31.8 Å². The zero-order valence-corrected chi connectivity index (χ0v) is 13.2. The maximum absolute atomic E-state index is 11.3. The first kappa shape index (κ1) is 14.8. The quantitative estimate of drug-likeness (QED) is 0.722. The summed E-state index contributed by atoms with van der Waals surface area (Å²) in [6.45, 7) is 0. The lowest BCUT2D eigenvalue weighted by molar-refractivity contribution is 0.209. The minimum atomic E-state index is -0.369. The monoisotopic (exact) mass is 322 g/mol. The first-order chi connectivity index (χ1) is 11.7. The predicted molar refractivity (Wildman–Crippen MR) is 92.5 cm³/mol. The summed E-state index contributed by atoms with van der Waals surface area (Å²) in [7, 11) is 0. The van der Waals surface area contributed by atoms with Gasteiger partial charge in [-0.3, -0.25) is 0 Å². The lowest BCUT2D eigenvalue weighted by Crippen LogP contribution is -2.10. The molecular weight excluding hydrogens is 304 g/mol. The van der Waals surface area contributed by atoms with Crippen molar-refractivity contribution in [1.82, 2.24) is 0 Å². The summed E-state index contributed by atoms with van der Waals surface area (Å²) in [6, 6.07) is 14.0. The number of hydrogen-bond acceptors (Lipinski definition) is 4. The first-order valence-electron chi connectivity index (χ1n) is 8.23. The highest BCUT2D eigenvalue weighted by Gasteiger charge is 2.17. The number of aromatic hydroxyl groups is 1. The molecule has 0 spiro atoms. The Morgan fingerprint density at radius 3 is 2.62 bits per heavy atom. The molecule has 4 heteroatoms. The van der Waals surface area contributed by atoms with E-state index < -0.39 is 0 Å². The second kappa shape index (κ2) is 6.04. The van der Waals surface area contributed by atoms with Gasteiger partial charge in [0.2, 0.25) is 0 Å². The van der Waals surface area contributed by atoms with Gasteiger partial charge in [-0.2, -0.15) is 0 Å². The molecule has 0 aliphatic heterocycles. The molecule has 1 aromatic heterocycles. The molecule has 2 aromatic carbocycles. The Kier molecular flexibility index (Phi) is 3.73. The van der Waals surface area contributed by atoms with Crippen LogP contribution >= 0.6 is 0 Å². The highest BCUT2D eigenvalue weighted by atomic mass is 16.5. The molecule has 0 atom stereocenters. The van der Waals surface area contributed by atoms with E-state index in [1.807, 2.05) is 24.3 Å². The summed E-state index contributed by atoms with van der Waals surface area (Å²) in [5.74, 6) is 0.886. The number of hydrogen-bond donors (Lipinski definition) is 1. The van der Waals surface area contributed by atoms with Gasteiger partial charge in [0.1, 0.15) is 17.1 Å². The van der Waals surface area contributed by atoms with Crippen molar-refractivity contribution in [2.75, 3.05) is 0 Å². The lowest BCUT2D eigenvalue weighted by Gasteiger charge is -2.14. The van der Waals surface area contributed by atoms with Crippen LogP contribution in [0.15, 0.2) is 57.7 Å². The van der Waals surface area contributed by atoms with E-state index >= 15 is 0 Å². The second-order valence-corrected chi connectivity index (χ2v) is 6.21. The Morgan fingerprint density at radius 2 is 1.83 bits per heavy atom. The highest BCUT2D eigenvalue weighted by Crippen LogP contribution is 2.35. The number of benzene rings is 2. The molecule has 1 heterocycles. The molecule has 1 saturated carbocycles. The van der Waals surface area contributed by atoms with Gasteiger partial charge in [0.15, 0.2) is 0 Å². The molecule has 0 saturated heterocycles. The molecular formula is C20H18O4. The molecule has 1 N–H and O–H groups in total. The molecule has 1 aliphatic rings. The smallest absolute Gasteiger partial charge is 0.336 e. The highest BCUT2D eigenvalue weighted by molar-refractivity contribution is 5.84. The van der Waals surface area contributed by atoms with Crippen LogP contribution in [-0.4, -0.2) is 11.2 Å². The number of rotatable bonds is 3. The third kappa shape index (κ3) is 2.87. The summed E-state index contributed by atoms with van der Waals surface area (Å²) in [5, 5.41) is 11.2. The van der Waals surface area contributed by atoms with Crippen molar-refractivity contribution in [3.63, 3.8) is 0 Å². The van der Waals surface area contributed by atoms with Crippen molar-refractivity contribution in [3.8, 4) is 22.6 Å². The number of ether oxygens (including phenoxy) is 1. The van der Waals surface area contributed by atoms with Crippen molar-refractivity contribution in [2.24, 2.45) is 0 Å². The topological polar surface area (TPSA) is 59.7 Å². The van der Waals surface area contributed by atoms with E-state index in [9.17, 15) is 9.90 Å². The standard InChI is InChI=1S/C20H18O4/c21-18-12-16(23-15-3-1-2-4-15)7-8-17(18)13-5-9-19-14(11-13)6-10-20(22)24-19/h5-12,15,21H,1-4H2. The first-order valence-corrected chi connectivity index (χ1v) is 8.23. The largest absolute Gasteiger partial charge is 0.507 e. The maximum Gasteiger partial charge on any atom is 0.336 e. The van der Waals surface area contributed by atoms with E-state index in [-0.39, 0.29) is 17.5 Å². The van der Waals surface area contributed by atoms with Crippen molar-refractivity contribution < 1.29 is 14.3 Å². The Bertz CT molecular complexity index is 936. The van der Waals surface area contributed by atoms with Gasteiger partial charge in [0, 0.05) is 23.1 Å². The molecule has 3 aromatic rings. The van der Waals surface area contributed by atoms with Crippen LogP contribution in [0.1, 0.15) is 25.7 Å². The Morgan fingerprint density at radius 1 is 1.00 bits per heavy atom. The summed E-state index contributed by atoms with van der Waals surface area (Å²) < 4.78 is 11.1. The summed E-state index contributed by atoms with van der Waals surface area (Å²) in [5.41, 5.74) is 1.75. The second-order valence-electron chi connectivity index (χ2n) is 6.21. The molecule has 1 aliphatic carbocycles. The van der Waals surface area contributed by atoms with Crippen molar-refractivity contribution in [3.05, 3.63) is 59.0 Å². The van der Waals surface area contributed by atoms with Gasteiger partial charge in [-0.15, -0.1) is 0 Å². The van der Waals surface area contributed by atoms with Crippen molar-refractivity contribution >= 4 is 11.0 Å². The summed E-state index contributed by atoms with van der Waals surface area (Å²) in [4.78, 5) is 11.3. The molecule has 0 radical (unpaired) electrons. The Labute approximate surface area is 139 Å². The van der Waals surface area contributed by atoms with Gasteiger partial charge >= 0.3 is 5.63 Å². The van der Waals surface area contributed by atoms with Crippen LogP contribution in [0.4, 0.5) is 0 Å². The van der Waals surface area contributed by atoms with E-state index in [0.717, 1.165) is 29.4 Å². The van der Waals surface area contributed by atoms with Crippen LogP contribution in [0.2, 0.25) is 0 Å². The predicted octanol–water partition coefficient (Wildman–Crippen LogP) is 4.49. The number of fused-ring (bicyclic) bond motifs is 1. The molecule has 1 fully saturated rings. The van der Waals surface area contributed by atoms with Crippen LogP contribution in [0.25, 0.3) is 22.1 Å². The number of phenolic OH excluding ortho intramolecular Hbond substituents is 1. The van der Waals surface area contributed by atoms with Gasteiger partial charge in [-0.05, 0) is 61.6 Å². The molecule has 0 amide bonds. The van der Waals surface area contributed by atoms with E-state index in [4.69, 9.17) is 9.15 Å². The average Bonchev–Trinajstić information content (AvgIpc) is 3.07. The van der Waals surface area contributed by atoms with Gasteiger partial charge < -0.3 is 14.3 Å². The Balaban J connectivity index is 1.65. The fourth-order valence-electron chi connectivity index (χ4n) is 3.27. The van der Waals surface area contributed by atoms with E-state index in [2.05, 4.69) is 0 Å². The van der Waals surface area contributed by atoms with E-state index in [1.54, 1.807) is 18.2 Å². The van der Waals surface area contributed by atoms with Crippen LogP contribution in [0.5, 0.6) is 11.5 Å². The average molecular weight is 322 g/mol. The third-order valence-corrected chi connectivity index (χ3v) is 4.50. The fourth-order valence-corrected chi connectivity index (χ4v) is 3.27. The molecule has 122 valence electrons. The molecule has 4 rings (SSSR count). The van der Waals surface area contributed by atoms with Crippen LogP contribution < -0.4 is 10.4 Å². The Hall–Kier alpha value is -2.75. The molecule has 0 bridgehead atoms. The van der Waals surface area contributed by atoms with Crippen LogP contribution in [0.3, 0.4) is 0 Å². The van der Waals surface area contributed by atoms with Crippen LogP contribution in [-0.2, 0) is 0 Å². The van der Waals surface area contributed by atoms with Gasteiger partial charge in [0.25, 0.3) is 0 Å². The maximum atomic E-state index is 11.3.